The summed E-state index contributed by atoms with van der Waals surface area (Å²) in [4.78, 5) is 17.2. The lowest BCUT2D eigenvalue weighted by Gasteiger charge is -2.19. The summed E-state index contributed by atoms with van der Waals surface area (Å²) in [6, 6.07) is 7.53. The van der Waals surface area contributed by atoms with Crippen LogP contribution in [0.4, 0.5) is 5.69 Å². The van der Waals surface area contributed by atoms with E-state index >= 15 is 0 Å². The van der Waals surface area contributed by atoms with Gasteiger partial charge < -0.3 is 15.2 Å². The summed E-state index contributed by atoms with van der Waals surface area (Å²) in [5.74, 6) is 1.30. The highest BCUT2D eigenvalue weighted by Gasteiger charge is 2.26. The molecule has 0 radical (unpaired) electrons. The van der Waals surface area contributed by atoms with Gasteiger partial charge in [-0.3, -0.25) is 4.79 Å². The Kier molecular flexibility index (Phi) is 6.26. The van der Waals surface area contributed by atoms with Gasteiger partial charge in [0.25, 0.3) is 0 Å². The van der Waals surface area contributed by atoms with E-state index in [1.54, 1.807) is 31.7 Å². The molecule has 2 heterocycles. The summed E-state index contributed by atoms with van der Waals surface area (Å²) in [7, 11) is 1.61. The number of allylic oxidation sites excluding steroid dienone is 2. The molecule has 2 aromatic heterocycles. The van der Waals surface area contributed by atoms with Crippen LogP contribution < -0.4 is 10.1 Å². The molecule has 0 saturated heterocycles. The number of Topliss-reactive ketones (excluding diaryl/α,β-unsaturated/α-hetero) is 1. The molecule has 1 aliphatic rings. The zero-order valence-corrected chi connectivity index (χ0v) is 20.0. The summed E-state index contributed by atoms with van der Waals surface area (Å²) in [6.45, 7) is 7.85. The molecule has 0 atom stereocenters. The van der Waals surface area contributed by atoms with E-state index in [0.717, 1.165) is 41.1 Å². The minimum atomic E-state index is -0.877. The van der Waals surface area contributed by atoms with E-state index < -0.39 is 5.60 Å². The van der Waals surface area contributed by atoms with Crippen LogP contribution in [0.25, 0.3) is 22.5 Å². The number of aromatic nitrogens is 3. The second kappa shape index (κ2) is 8.98. The Morgan fingerprint density at radius 2 is 2.09 bits per heavy atom. The third kappa shape index (κ3) is 5.09. The zero-order valence-electron chi connectivity index (χ0n) is 20.0. The molecule has 1 aromatic carbocycles. The van der Waals surface area contributed by atoms with Crippen molar-refractivity contribution >= 4 is 22.7 Å². The fourth-order valence-corrected chi connectivity index (χ4v) is 3.71. The molecule has 1 saturated carbocycles. The van der Waals surface area contributed by atoms with Gasteiger partial charge >= 0.3 is 0 Å². The number of ketones is 1. The van der Waals surface area contributed by atoms with E-state index in [-0.39, 0.29) is 5.78 Å². The number of anilines is 1. The first-order valence-electron chi connectivity index (χ1n) is 11.4. The number of ether oxygens (including phenoxy) is 1. The minimum absolute atomic E-state index is 0.155. The van der Waals surface area contributed by atoms with Gasteiger partial charge in [0.05, 0.1) is 36.0 Å². The van der Waals surface area contributed by atoms with Crippen LogP contribution in [0, 0.1) is 5.92 Å². The number of hydrogen-bond acceptors (Lipinski definition) is 6. The van der Waals surface area contributed by atoms with Gasteiger partial charge in [-0.2, -0.15) is 5.10 Å². The van der Waals surface area contributed by atoms with Crippen LogP contribution in [-0.2, 0) is 0 Å². The molecule has 0 aliphatic heterocycles. The van der Waals surface area contributed by atoms with Crippen LogP contribution in [0.2, 0.25) is 0 Å². The number of nitrogens with one attached hydrogen (secondary N) is 1. The van der Waals surface area contributed by atoms with E-state index in [2.05, 4.69) is 10.3 Å². The first-order valence-corrected chi connectivity index (χ1v) is 11.4. The monoisotopic (exact) mass is 448 g/mol. The quantitative estimate of drug-likeness (QED) is 0.448. The van der Waals surface area contributed by atoms with Crippen LogP contribution in [0.15, 0.2) is 36.5 Å². The number of carbonyl (C=O) groups excluding carboxylic acids is 1. The van der Waals surface area contributed by atoms with Crippen molar-refractivity contribution in [1.82, 2.24) is 14.6 Å². The predicted octanol–water partition coefficient (Wildman–Crippen LogP) is 4.99. The number of benzene rings is 1. The van der Waals surface area contributed by atoms with Crippen molar-refractivity contribution in [2.75, 3.05) is 19.0 Å². The molecule has 3 aromatic rings. The highest BCUT2D eigenvalue weighted by atomic mass is 16.5. The standard InChI is InChI=1S/C26H32N4O3/c1-6-16(2)20-13-21(28-15-26(3,4)32)25-27-14-22(30(25)29-20)19-10-9-18(12-24(19)33-5)23(31)11-17-7-8-17/h6,9-10,12-14,17,28,32H,7-8,11,15H2,1-5H3/b16-6+. The minimum Gasteiger partial charge on any atom is -0.496 e. The second-order valence-corrected chi connectivity index (χ2v) is 9.45. The Morgan fingerprint density at radius 3 is 2.73 bits per heavy atom. The number of rotatable bonds is 9. The molecule has 33 heavy (non-hydrogen) atoms. The number of carbonyl (C=O) groups is 1. The highest BCUT2D eigenvalue weighted by Crippen LogP contribution is 2.36. The predicted molar refractivity (Wildman–Crippen MR) is 131 cm³/mol. The molecule has 1 fully saturated rings. The van der Waals surface area contributed by atoms with Crippen LogP contribution in [0.1, 0.15) is 63.0 Å². The fraction of sp³-hybridized carbons (Fsp3) is 0.423. The molecule has 0 unspecified atom stereocenters. The Labute approximate surface area is 194 Å². The van der Waals surface area contributed by atoms with E-state index in [9.17, 15) is 9.90 Å². The number of nitrogens with zero attached hydrogens (tertiary/aromatic N) is 3. The maximum atomic E-state index is 12.6. The number of methoxy groups -OCH3 is 1. The van der Waals surface area contributed by atoms with Crippen molar-refractivity contribution < 1.29 is 14.6 Å². The van der Waals surface area contributed by atoms with Gasteiger partial charge in [-0.15, -0.1) is 0 Å². The first-order chi connectivity index (χ1) is 15.7. The lowest BCUT2D eigenvalue weighted by molar-refractivity contribution is 0.0944. The summed E-state index contributed by atoms with van der Waals surface area (Å²) in [6.07, 6.45) is 6.65. The molecule has 0 amide bonds. The van der Waals surface area contributed by atoms with Gasteiger partial charge in [-0.05, 0) is 70.2 Å². The number of hydrogen-bond donors (Lipinski definition) is 2. The van der Waals surface area contributed by atoms with Gasteiger partial charge in [0.1, 0.15) is 5.75 Å². The van der Waals surface area contributed by atoms with Crippen molar-refractivity contribution in [3.8, 4) is 17.0 Å². The molecule has 0 bridgehead atoms. The largest absolute Gasteiger partial charge is 0.496 e. The topological polar surface area (TPSA) is 88.8 Å². The van der Waals surface area contributed by atoms with Crippen LogP contribution in [0.5, 0.6) is 5.75 Å². The van der Waals surface area contributed by atoms with Gasteiger partial charge in [0.15, 0.2) is 11.4 Å². The van der Waals surface area contributed by atoms with E-state index in [1.807, 2.05) is 44.2 Å². The van der Waals surface area contributed by atoms with Gasteiger partial charge in [-0.25, -0.2) is 9.50 Å². The van der Waals surface area contributed by atoms with Crippen molar-refractivity contribution in [1.29, 1.82) is 0 Å². The number of aliphatic hydroxyl groups is 1. The van der Waals surface area contributed by atoms with Crippen LogP contribution in [-0.4, -0.2) is 44.7 Å². The van der Waals surface area contributed by atoms with Gasteiger partial charge in [0.2, 0.25) is 0 Å². The third-order valence-corrected chi connectivity index (χ3v) is 5.99. The number of fused-ring (bicyclic) bond motifs is 1. The highest BCUT2D eigenvalue weighted by molar-refractivity contribution is 5.97. The lowest BCUT2D eigenvalue weighted by atomic mass is 10.0. The normalized spacial score (nSPS) is 14.5. The van der Waals surface area contributed by atoms with E-state index in [4.69, 9.17) is 9.84 Å². The van der Waals surface area contributed by atoms with E-state index in [0.29, 0.717) is 35.8 Å². The zero-order chi connectivity index (χ0) is 23.8. The van der Waals surface area contributed by atoms with E-state index in [1.165, 1.54) is 0 Å². The summed E-state index contributed by atoms with van der Waals surface area (Å²) >= 11 is 0. The molecule has 2 N–H and O–H groups in total. The van der Waals surface area contributed by atoms with Gasteiger partial charge in [0, 0.05) is 24.1 Å². The fourth-order valence-electron chi connectivity index (χ4n) is 3.71. The van der Waals surface area contributed by atoms with Crippen LogP contribution in [0.3, 0.4) is 0 Å². The molecular weight excluding hydrogens is 416 g/mol. The maximum absolute atomic E-state index is 12.6. The van der Waals surface area contributed by atoms with Crippen molar-refractivity contribution in [2.24, 2.45) is 5.92 Å². The third-order valence-electron chi connectivity index (χ3n) is 5.99. The average Bonchev–Trinajstić information content (AvgIpc) is 3.51. The first kappa shape index (κ1) is 23.0. The maximum Gasteiger partial charge on any atom is 0.177 e. The molecule has 0 spiro atoms. The SMILES string of the molecule is C/C=C(\C)c1cc(NCC(C)(C)O)c2ncc(-c3ccc(C(=O)CC4CC4)cc3OC)n2n1. The van der Waals surface area contributed by atoms with Crippen LogP contribution >= 0.6 is 0 Å². The molecular formula is C26H32N4O3. The summed E-state index contributed by atoms with van der Waals surface area (Å²) < 4.78 is 7.46. The molecule has 1 aliphatic carbocycles. The average molecular weight is 449 g/mol. The molecule has 4 rings (SSSR count). The lowest BCUT2D eigenvalue weighted by Crippen LogP contribution is -2.29. The molecule has 7 heteroatoms. The Bertz CT molecular complexity index is 1220. The Morgan fingerprint density at radius 1 is 1.33 bits per heavy atom. The molecule has 7 nitrogen and oxygen atoms in total. The van der Waals surface area contributed by atoms with Gasteiger partial charge in [-0.1, -0.05) is 12.1 Å². The summed E-state index contributed by atoms with van der Waals surface area (Å²) in [5, 5.41) is 18.3. The number of imidazole rings is 1. The van der Waals surface area contributed by atoms with Crippen molar-refractivity contribution in [2.45, 2.75) is 52.6 Å². The smallest absolute Gasteiger partial charge is 0.177 e. The Hall–Kier alpha value is -3.19. The van der Waals surface area contributed by atoms with Crippen molar-refractivity contribution in [3.05, 3.63) is 47.8 Å². The second-order valence-electron chi connectivity index (χ2n) is 9.45. The molecule has 174 valence electrons. The van der Waals surface area contributed by atoms with Crippen molar-refractivity contribution in [3.63, 3.8) is 0 Å². The summed E-state index contributed by atoms with van der Waals surface area (Å²) in [5.41, 5.74) is 4.63. The Balaban J connectivity index is 1.79.